The first-order chi connectivity index (χ1) is 6.68. The van der Waals surface area contributed by atoms with Crippen molar-refractivity contribution in [1.29, 1.82) is 0 Å². The van der Waals surface area contributed by atoms with Crippen molar-refractivity contribution in [2.24, 2.45) is 0 Å². The minimum absolute atomic E-state index is 0.224. The summed E-state index contributed by atoms with van der Waals surface area (Å²) in [7, 11) is 0. The lowest BCUT2D eigenvalue weighted by Gasteiger charge is -1.99. The Hall–Kier alpha value is -2.11. The monoisotopic (exact) mass is 191 g/mol. The fourth-order valence-electron chi connectivity index (χ4n) is 1.21. The first-order valence-electron chi connectivity index (χ1n) is 4.04. The molecule has 0 aromatic carbocycles. The quantitative estimate of drug-likeness (QED) is 0.655. The van der Waals surface area contributed by atoms with Gasteiger partial charge in [0.1, 0.15) is 5.82 Å². The molecule has 3 N–H and O–H groups in total. The maximum Gasteiger partial charge on any atom is 0.293 e. The fraction of sp³-hybridized carbons (Fsp3) is 0.125. The molecule has 0 atom stereocenters. The number of nitrogen functional groups attached to an aromatic ring is 1. The van der Waals surface area contributed by atoms with Crippen LogP contribution in [0.5, 0.6) is 0 Å². The standard InChI is InChI=1S/C8H9N5O/c1-5-4-6(9)12-13(5)7-8(14)11-3-2-10-7/h2-4H,1H3,(H2,9,12)(H,11,14). The van der Waals surface area contributed by atoms with Crippen molar-refractivity contribution in [3.63, 3.8) is 0 Å². The molecule has 6 heteroatoms. The number of anilines is 1. The van der Waals surface area contributed by atoms with Gasteiger partial charge in [-0.3, -0.25) is 4.79 Å². The average Bonchev–Trinajstić information content (AvgIpc) is 2.46. The van der Waals surface area contributed by atoms with E-state index in [1.165, 1.54) is 17.1 Å². The molecule has 2 heterocycles. The van der Waals surface area contributed by atoms with E-state index in [4.69, 9.17) is 5.73 Å². The summed E-state index contributed by atoms with van der Waals surface area (Å²) in [6, 6.07) is 1.67. The highest BCUT2D eigenvalue weighted by atomic mass is 16.1. The third-order valence-electron chi connectivity index (χ3n) is 1.80. The van der Waals surface area contributed by atoms with Gasteiger partial charge in [0.2, 0.25) is 5.82 Å². The SMILES string of the molecule is Cc1cc(N)nn1-c1ncc[nH]c1=O. The number of aromatic amines is 1. The maximum atomic E-state index is 11.4. The molecule has 0 aliphatic carbocycles. The summed E-state index contributed by atoms with van der Waals surface area (Å²) >= 11 is 0. The Balaban J connectivity index is 2.66. The topological polar surface area (TPSA) is 89.6 Å². The number of aryl methyl sites for hydroxylation is 1. The van der Waals surface area contributed by atoms with Crippen molar-refractivity contribution in [1.82, 2.24) is 19.7 Å². The Morgan fingerprint density at radius 3 is 2.93 bits per heavy atom. The molecule has 72 valence electrons. The number of hydrogen-bond acceptors (Lipinski definition) is 4. The van der Waals surface area contributed by atoms with Crippen LogP contribution in [0, 0.1) is 6.92 Å². The molecule has 2 rings (SSSR count). The zero-order valence-corrected chi connectivity index (χ0v) is 7.56. The summed E-state index contributed by atoms with van der Waals surface area (Å²) < 4.78 is 1.41. The minimum atomic E-state index is -0.293. The lowest BCUT2D eigenvalue weighted by molar-refractivity contribution is 0.802. The van der Waals surface area contributed by atoms with Gasteiger partial charge >= 0.3 is 0 Å². The molecule has 0 aliphatic heterocycles. The summed E-state index contributed by atoms with van der Waals surface area (Å²) in [6.45, 7) is 1.80. The van der Waals surface area contributed by atoms with E-state index in [2.05, 4.69) is 15.1 Å². The molecule has 0 spiro atoms. The van der Waals surface area contributed by atoms with Crippen molar-refractivity contribution >= 4 is 5.82 Å². The largest absolute Gasteiger partial charge is 0.382 e. The van der Waals surface area contributed by atoms with Gasteiger partial charge < -0.3 is 10.7 Å². The number of nitrogens with two attached hydrogens (primary N) is 1. The van der Waals surface area contributed by atoms with Crippen molar-refractivity contribution in [2.45, 2.75) is 6.92 Å². The summed E-state index contributed by atoms with van der Waals surface area (Å²) in [5.74, 6) is 0.592. The van der Waals surface area contributed by atoms with E-state index in [0.717, 1.165) is 5.69 Å². The van der Waals surface area contributed by atoms with Crippen LogP contribution in [0.4, 0.5) is 5.82 Å². The molecule has 0 saturated carbocycles. The van der Waals surface area contributed by atoms with Crippen LogP contribution in [-0.2, 0) is 0 Å². The lowest BCUT2D eigenvalue weighted by Crippen LogP contribution is -2.17. The summed E-state index contributed by atoms with van der Waals surface area (Å²) in [5, 5.41) is 3.95. The van der Waals surface area contributed by atoms with E-state index >= 15 is 0 Å². The molecule has 0 saturated heterocycles. The number of nitrogens with zero attached hydrogens (tertiary/aromatic N) is 3. The molecule has 14 heavy (non-hydrogen) atoms. The highest BCUT2D eigenvalue weighted by Crippen LogP contribution is 2.06. The maximum absolute atomic E-state index is 11.4. The zero-order valence-electron chi connectivity index (χ0n) is 7.56. The molecule has 0 aliphatic rings. The van der Waals surface area contributed by atoms with Gasteiger partial charge in [0.15, 0.2) is 0 Å². The van der Waals surface area contributed by atoms with E-state index in [-0.39, 0.29) is 11.4 Å². The molecule has 2 aromatic heterocycles. The molecule has 6 nitrogen and oxygen atoms in total. The Morgan fingerprint density at radius 1 is 1.57 bits per heavy atom. The fourth-order valence-corrected chi connectivity index (χ4v) is 1.21. The van der Waals surface area contributed by atoms with Crippen molar-refractivity contribution in [2.75, 3.05) is 5.73 Å². The Bertz CT molecular complexity index is 512. The Kier molecular flexibility index (Phi) is 1.81. The molecular weight excluding hydrogens is 182 g/mol. The second-order valence-electron chi connectivity index (χ2n) is 2.86. The number of hydrogen-bond donors (Lipinski definition) is 2. The summed E-state index contributed by atoms with van der Waals surface area (Å²) in [6.07, 6.45) is 2.96. The zero-order chi connectivity index (χ0) is 10.1. The number of rotatable bonds is 1. The molecule has 0 fully saturated rings. The van der Waals surface area contributed by atoms with Crippen LogP contribution in [0.2, 0.25) is 0 Å². The van der Waals surface area contributed by atoms with Gasteiger partial charge in [-0.2, -0.15) is 0 Å². The molecule has 0 amide bonds. The second-order valence-corrected chi connectivity index (χ2v) is 2.86. The third kappa shape index (κ3) is 1.26. The van der Waals surface area contributed by atoms with Gasteiger partial charge in [0.05, 0.1) is 0 Å². The molecule has 0 radical (unpaired) electrons. The number of H-pyrrole nitrogens is 1. The number of nitrogens with one attached hydrogen (secondary N) is 1. The highest BCUT2D eigenvalue weighted by molar-refractivity contribution is 5.33. The van der Waals surface area contributed by atoms with Gasteiger partial charge in [0, 0.05) is 24.2 Å². The lowest BCUT2D eigenvalue weighted by atomic mass is 10.4. The second kappa shape index (κ2) is 2.99. The Labute approximate surface area is 79.4 Å². The molecule has 0 bridgehead atoms. The Morgan fingerprint density at radius 2 is 2.36 bits per heavy atom. The summed E-state index contributed by atoms with van der Waals surface area (Å²) in [4.78, 5) is 17.8. The molecule has 0 unspecified atom stereocenters. The van der Waals surface area contributed by atoms with E-state index in [9.17, 15) is 4.79 Å². The minimum Gasteiger partial charge on any atom is -0.382 e. The first kappa shape index (κ1) is 8.49. The van der Waals surface area contributed by atoms with Crippen LogP contribution in [-0.4, -0.2) is 19.7 Å². The van der Waals surface area contributed by atoms with E-state index in [0.29, 0.717) is 5.82 Å². The van der Waals surface area contributed by atoms with Crippen LogP contribution in [0.15, 0.2) is 23.3 Å². The normalized spacial score (nSPS) is 10.4. The van der Waals surface area contributed by atoms with Crippen LogP contribution in [0.1, 0.15) is 5.69 Å². The number of aromatic nitrogens is 4. The summed E-state index contributed by atoms with van der Waals surface area (Å²) in [5.41, 5.74) is 5.97. The van der Waals surface area contributed by atoms with Crippen LogP contribution < -0.4 is 11.3 Å². The smallest absolute Gasteiger partial charge is 0.293 e. The van der Waals surface area contributed by atoms with Gasteiger partial charge in [-0.15, -0.1) is 5.10 Å². The van der Waals surface area contributed by atoms with Crippen molar-refractivity contribution in [3.05, 3.63) is 34.5 Å². The first-order valence-corrected chi connectivity index (χ1v) is 4.04. The van der Waals surface area contributed by atoms with E-state index in [1.54, 1.807) is 13.0 Å². The van der Waals surface area contributed by atoms with Crippen LogP contribution >= 0.6 is 0 Å². The third-order valence-corrected chi connectivity index (χ3v) is 1.80. The highest BCUT2D eigenvalue weighted by Gasteiger charge is 2.07. The van der Waals surface area contributed by atoms with Crippen molar-refractivity contribution in [3.8, 4) is 5.82 Å². The van der Waals surface area contributed by atoms with Gasteiger partial charge in [-0.25, -0.2) is 9.67 Å². The van der Waals surface area contributed by atoms with E-state index in [1.807, 2.05) is 0 Å². The van der Waals surface area contributed by atoms with Gasteiger partial charge in [-0.1, -0.05) is 0 Å². The van der Waals surface area contributed by atoms with E-state index < -0.39 is 0 Å². The predicted molar refractivity (Wildman–Crippen MR) is 51.1 cm³/mol. The molecule has 2 aromatic rings. The van der Waals surface area contributed by atoms with Gasteiger partial charge in [-0.05, 0) is 6.92 Å². The van der Waals surface area contributed by atoms with Crippen LogP contribution in [0.25, 0.3) is 5.82 Å². The predicted octanol–water partition coefficient (Wildman–Crippen LogP) is -0.154. The van der Waals surface area contributed by atoms with Gasteiger partial charge in [0.25, 0.3) is 5.56 Å². The average molecular weight is 191 g/mol. The molecular formula is C8H9N5O. The van der Waals surface area contributed by atoms with Crippen molar-refractivity contribution < 1.29 is 0 Å². The van der Waals surface area contributed by atoms with Crippen LogP contribution in [0.3, 0.4) is 0 Å².